The number of fused-ring (bicyclic) bond motifs is 1. The molecule has 6 nitrogen and oxygen atoms in total. The van der Waals surface area contributed by atoms with E-state index in [0.29, 0.717) is 17.7 Å². The number of pyridine rings is 1. The van der Waals surface area contributed by atoms with Crippen molar-refractivity contribution in [3.05, 3.63) is 12.1 Å². The molecule has 0 amide bonds. The van der Waals surface area contributed by atoms with Crippen molar-refractivity contribution < 1.29 is 4.74 Å². The van der Waals surface area contributed by atoms with Gasteiger partial charge in [0.1, 0.15) is 5.52 Å². The number of hydrogen-bond acceptors (Lipinski definition) is 5. The van der Waals surface area contributed by atoms with Crippen molar-refractivity contribution in [2.75, 3.05) is 32.5 Å². The first-order valence-corrected chi connectivity index (χ1v) is 7.56. The molecule has 2 aromatic heterocycles. The second-order valence-electron chi connectivity index (χ2n) is 5.89. The number of nitrogen functional groups attached to an aromatic ring is 1. The van der Waals surface area contributed by atoms with E-state index >= 15 is 0 Å². The molecule has 0 radical (unpaired) electrons. The van der Waals surface area contributed by atoms with Crippen molar-refractivity contribution in [1.82, 2.24) is 19.4 Å². The van der Waals surface area contributed by atoms with Crippen molar-refractivity contribution >= 4 is 17.1 Å². The van der Waals surface area contributed by atoms with Crippen LogP contribution in [0.15, 0.2) is 12.1 Å². The Morgan fingerprint density at radius 3 is 2.71 bits per heavy atom. The molecule has 1 aliphatic heterocycles. The second kappa shape index (κ2) is 5.89. The minimum Gasteiger partial charge on any atom is -0.481 e. The Balaban J connectivity index is 1.79. The van der Waals surface area contributed by atoms with E-state index in [4.69, 9.17) is 10.5 Å². The third kappa shape index (κ3) is 2.95. The zero-order valence-electron chi connectivity index (χ0n) is 12.7. The Morgan fingerprint density at radius 1 is 1.24 bits per heavy atom. The van der Waals surface area contributed by atoms with E-state index in [2.05, 4.69) is 21.8 Å². The minimum atomic E-state index is 0.510. The first kappa shape index (κ1) is 14.1. The highest BCUT2D eigenvalue weighted by atomic mass is 16.5. The summed E-state index contributed by atoms with van der Waals surface area (Å²) in [6.07, 6.45) is 2.64. The molecule has 1 atom stereocenters. The van der Waals surface area contributed by atoms with Crippen LogP contribution < -0.4 is 10.5 Å². The fourth-order valence-electron chi connectivity index (χ4n) is 3.07. The van der Waals surface area contributed by atoms with Gasteiger partial charge in [-0.2, -0.15) is 4.98 Å². The predicted molar refractivity (Wildman–Crippen MR) is 83.3 cm³/mol. The quantitative estimate of drug-likeness (QED) is 0.908. The zero-order valence-corrected chi connectivity index (χ0v) is 12.7. The summed E-state index contributed by atoms with van der Waals surface area (Å²) < 4.78 is 7.20. The lowest BCUT2D eigenvalue weighted by molar-refractivity contribution is 0.273. The normalized spacial score (nSPS) is 17.4. The van der Waals surface area contributed by atoms with Crippen LogP contribution in [-0.2, 0) is 6.54 Å². The summed E-state index contributed by atoms with van der Waals surface area (Å²) in [5.74, 6) is 1.63. The Hall–Kier alpha value is -1.82. The molecule has 2 aromatic rings. The van der Waals surface area contributed by atoms with Gasteiger partial charge in [0, 0.05) is 19.2 Å². The van der Waals surface area contributed by atoms with Crippen molar-refractivity contribution in [3.8, 4) is 5.88 Å². The molecule has 21 heavy (non-hydrogen) atoms. The maximum atomic E-state index is 6.06. The third-order valence-electron chi connectivity index (χ3n) is 4.07. The lowest BCUT2D eigenvalue weighted by Crippen LogP contribution is -2.27. The molecule has 0 aliphatic carbocycles. The maximum absolute atomic E-state index is 6.06. The number of rotatable bonds is 5. The molecular formula is C15H23N5O. The molecule has 1 unspecified atom stereocenters. The average Bonchev–Trinajstić information content (AvgIpc) is 3.07. The number of imidazole rings is 1. The van der Waals surface area contributed by atoms with Crippen LogP contribution in [0.5, 0.6) is 5.88 Å². The van der Waals surface area contributed by atoms with Gasteiger partial charge in [0.05, 0.1) is 7.11 Å². The first-order valence-electron chi connectivity index (χ1n) is 7.56. The van der Waals surface area contributed by atoms with Gasteiger partial charge in [-0.05, 0) is 37.9 Å². The van der Waals surface area contributed by atoms with Gasteiger partial charge >= 0.3 is 0 Å². The smallest absolute Gasteiger partial charge is 0.215 e. The topological polar surface area (TPSA) is 69.2 Å². The summed E-state index contributed by atoms with van der Waals surface area (Å²) in [6, 6.07) is 3.71. The van der Waals surface area contributed by atoms with Crippen molar-refractivity contribution in [3.63, 3.8) is 0 Å². The lowest BCUT2D eigenvalue weighted by atomic mass is 10.1. The van der Waals surface area contributed by atoms with E-state index < -0.39 is 0 Å². The highest BCUT2D eigenvalue weighted by Gasteiger charge is 2.17. The molecule has 2 N–H and O–H groups in total. The highest BCUT2D eigenvalue weighted by molar-refractivity contribution is 5.74. The van der Waals surface area contributed by atoms with Crippen LogP contribution >= 0.6 is 0 Å². The van der Waals surface area contributed by atoms with E-state index in [-0.39, 0.29) is 0 Å². The van der Waals surface area contributed by atoms with Gasteiger partial charge in [0.15, 0.2) is 5.65 Å². The number of ether oxygens (including phenoxy) is 1. The highest BCUT2D eigenvalue weighted by Crippen LogP contribution is 2.21. The van der Waals surface area contributed by atoms with Crippen LogP contribution in [0.2, 0.25) is 0 Å². The van der Waals surface area contributed by atoms with Crippen molar-refractivity contribution in [1.29, 1.82) is 0 Å². The fraction of sp³-hybridized carbons (Fsp3) is 0.600. The SMILES string of the molecule is COc1ccc2nc(N)n(CC(C)CN3CCCC3)c2n1. The molecule has 114 valence electrons. The molecule has 0 aromatic carbocycles. The first-order chi connectivity index (χ1) is 10.2. The molecule has 1 fully saturated rings. The molecule has 0 saturated carbocycles. The Kier molecular flexibility index (Phi) is 3.96. The molecule has 1 aliphatic rings. The maximum Gasteiger partial charge on any atom is 0.215 e. The lowest BCUT2D eigenvalue weighted by Gasteiger charge is -2.21. The number of nitrogens with zero attached hydrogens (tertiary/aromatic N) is 4. The third-order valence-corrected chi connectivity index (χ3v) is 4.07. The largest absolute Gasteiger partial charge is 0.481 e. The average molecular weight is 289 g/mol. The van der Waals surface area contributed by atoms with Crippen LogP contribution in [0.25, 0.3) is 11.2 Å². The Morgan fingerprint density at radius 2 is 2.00 bits per heavy atom. The zero-order chi connectivity index (χ0) is 14.8. The van der Waals surface area contributed by atoms with Crippen molar-refractivity contribution in [2.24, 2.45) is 5.92 Å². The van der Waals surface area contributed by atoms with Crippen LogP contribution in [0.1, 0.15) is 19.8 Å². The summed E-state index contributed by atoms with van der Waals surface area (Å²) >= 11 is 0. The van der Waals surface area contributed by atoms with Gasteiger partial charge < -0.3 is 15.4 Å². The standard InChI is InChI=1S/C15H23N5O/c1-11(9-19-7-3-4-8-19)10-20-14-12(17-15(20)16)5-6-13(18-14)21-2/h5-6,11H,3-4,7-10H2,1-2H3,(H2,16,17). The molecule has 3 heterocycles. The van der Waals surface area contributed by atoms with Crippen LogP contribution in [0.3, 0.4) is 0 Å². The van der Waals surface area contributed by atoms with Gasteiger partial charge in [0.25, 0.3) is 0 Å². The number of anilines is 1. The number of methoxy groups -OCH3 is 1. The number of aromatic nitrogens is 3. The van der Waals surface area contributed by atoms with Gasteiger partial charge in [-0.3, -0.25) is 4.57 Å². The Bertz CT molecular complexity index is 618. The number of nitrogens with two attached hydrogens (primary N) is 1. The Labute approximate surface area is 124 Å². The molecule has 3 rings (SSSR count). The fourth-order valence-corrected chi connectivity index (χ4v) is 3.07. The van der Waals surface area contributed by atoms with Gasteiger partial charge in [-0.15, -0.1) is 0 Å². The molecule has 6 heteroatoms. The predicted octanol–water partition coefficient (Wildman–Crippen LogP) is 1.75. The molecule has 0 bridgehead atoms. The summed E-state index contributed by atoms with van der Waals surface area (Å²) in [4.78, 5) is 11.4. The van der Waals surface area contributed by atoms with Crippen LogP contribution in [0.4, 0.5) is 5.95 Å². The molecule has 1 saturated heterocycles. The van der Waals surface area contributed by atoms with Gasteiger partial charge in [-0.25, -0.2) is 4.98 Å². The summed E-state index contributed by atoms with van der Waals surface area (Å²) in [6.45, 7) is 6.62. The van der Waals surface area contributed by atoms with Crippen LogP contribution in [-0.4, -0.2) is 46.2 Å². The van der Waals surface area contributed by atoms with Crippen molar-refractivity contribution in [2.45, 2.75) is 26.3 Å². The minimum absolute atomic E-state index is 0.510. The number of hydrogen-bond donors (Lipinski definition) is 1. The molecular weight excluding hydrogens is 266 g/mol. The summed E-state index contributed by atoms with van der Waals surface area (Å²) in [5, 5.41) is 0. The second-order valence-corrected chi connectivity index (χ2v) is 5.89. The number of likely N-dealkylation sites (tertiary alicyclic amines) is 1. The molecule has 0 spiro atoms. The summed E-state index contributed by atoms with van der Waals surface area (Å²) in [7, 11) is 1.62. The van der Waals surface area contributed by atoms with Gasteiger partial charge in [0.2, 0.25) is 11.8 Å². The van der Waals surface area contributed by atoms with E-state index in [1.807, 2.05) is 16.7 Å². The van der Waals surface area contributed by atoms with E-state index in [0.717, 1.165) is 24.3 Å². The van der Waals surface area contributed by atoms with Gasteiger partial charge in [-0.1, -0.05) is 6.92 Å². The van der Waals surface area contributed by atoms with E-state index in [1.165, 1.54) is 25.9 Å². The van der Waals surface area contributed by atoms with Crippen LogP contribution in [0, 0.1) is 5.92 Å². The van der Waals surface area contributed by atoms with E-state index in [9.17, 15) is 0 Å². The monoisotopic (exact) mass is 289 g/mol. The summed E-state index contributed by atoms with van der Waals surface area (Å²) in [5.41, 5.74) is 7.69. The van der Waals surface area contributed by atoms with E-state index in [1.54, 1.807) is 7.11 Å².